The Balaban J connectivity index is 1.85. The molecule has 2 aliphatic rings. The molecule has 0 amide bonds. The molecule has 2 nitrogen and oxygen atoms in total. The Kier molecular flexibility index (Phi) is 3.36. The molecular weight excluding hydrogens is 184 g/mol. The third-order valence-corrected chi connectivity index (χ3v) is 3.62. The minimum atomic E-state index is 0.455. The van der Waals surface area contributed by atoms with Crippen molar-refractivity contribution in [3.8, 4) is 0 Å². The number of piperidine rings is 1. The average Bonchev–Trinajstić information content (AvgIpc) is 2.15. The SMILES string of the molecule is CC(C)(C)CN1CCN2CCCCC2C1. The Morgan fingerprint density at radius 3 is 2.60 bits per heavy atom. The number of rotatable bonds is 1. The molecule has 2 heterocycles. The summed E-state index contributed by atoms with van der Waals surface area (Å²) in [5.41, 5.74) is 0.455. The van der Waals surface area contributed by atoms with Gasteiger partial charge in [0.2, 0.25) is 0 Å². The summed E-state index contributed by atoms with van der Waals surface area (Å²) in [5.74, 6) is 0. The van der Waals surface area contributed by atoms with Crippen LogP contribution in [0.15, 0.2) is 0 Å². The lowest BCUT2D eigenvalue weighted by Gasteiger charge is -2.45. The number of nitrogens with zero attached hydrogens (tertiary/aromatic N) is 2. The first kappa shape index (κ1) is 11.4. The maximum absolute atomic E-state index is 2.71. The second kappa shape index (κ2) is 4.42. The molecule has 0 spiro atoms. The van der Waals surface area contributed by atoms with Crippen molar-refractivity contribution < 1.29 is 0 Å². The third-order valence-electron chi connectivity index (χ3n) is 3.62. The number of piperazine rings is 1. The molecule has 2 rings (SSSR count). The zero-order chi connectivity index (χ0) is 10.9. The quantitative estimate of drug-likeness (QED) is 0.655. The zero-order valence-electron chi connectivity index (χ0n) is 10.6. The topological polar surface area (TPSA) is 6.48 Å². The van der Waals surface area contributed by atoms with Gasteiger partial charge >= 0.3 is 0 Å². The smallest absolute Gasteiger partial charge is 0.0223 e. The monoisotopic (exact) mass is 210 g/mol. The second-order valence-corrected chi connectivity index (χ2v) is 6.48. The molecule has 2 saturated heterocycles. The Labute approximate surface area is 94.6 Å². The summed E-state index contributed by atoms with van der Waals surface area (Å²) < 4.78 is 0. The van der Waals surface area contributed by atoms with Gasteiger partial charge in [-0.1, -0.05) is 27.2 Å². The van der Waals surface area contributed by atoms with Crippen LogP contribution >= 0.6 is 0 Å². The van der Waals surface area contributed by atoms with E-state index in [1.54, 1.807) is 0 Å². The normalized spacial score (nSPS) is 30.2. The van der Waals surface area contributed by atoms with Crippen LogP contribution in [0.2, 0.25) is 0 Å². The van der Waals surface area contributed by atoms with E-state index in [2.05, 4.69) is 30.6 Å². The van der Waals surface area contributed by atoms with Gasteiger partial charge in [0, 0.05) is 32.2 Å². The molecule has 0 aromatic rings. The Bertz CT molecular complexity index is 207. The van der Waals surface area contributed by atoms with Crippen LogP contribution in [-0.4, -0.2) is 48.6 Å². The molecule has 2 aliphatic heterocycles. The first-order chi connectivity index (χ1) is 7.04. The van der Waals surface area contributed by atoms with Crippen molar-refractivity contribution in [2.75, 3.05) is 32.7 Å². The molecule has 0 aliphatic carbocycles. The first-order valence-electron chi connectivity index (χ1n) is 6.51. The molecule has 0 saturated carbocycles. The Morgan fingerprint density at radius 1 is 1.07 bits per heavy atom. The molecule has 2 fully saturated rings. The van der Waals surface area contributed by atoms with Crippen molar-refractivity contribution in [2.45, 2.75) is 46.1 Å². The number of hydrogen-bond donors (Lipinski definition) is 0. The van der Waals surface area contributed by atoms with Gasteiger partial charge in [-0.05, 0) is 24.8 Å². The highest BCUT2D eigenvalue weighted by molar-refractivity contribution is 4.86. The fourth-order valence-electron chi connectivity index (χ4n) is 3.03. The van der Waals surface area contributed by atoms with Gasteiger partial charge in [-0.25, -0.2) is 0 Å². The van der Waals surface area contributed by atoms with E-state index in [1.807, 2.05) is 0 Å². The summed E-state index contributed by atoms with van der Waals surface area (Å²) in [6, 6.07) is 0.870. The standard InChI is InChI=1S/C13H26N2/c1-13(2,3)11-14-8-9-15-7-5-4-6-12(15)10-14/h12H,4-11H2,1-3H3. The van der Waals surface area contributed by atoms with Crippen molar-refractivity contribution in [1.82, 2.24) is 9.80 Å². The highest BCUT2D eigenvalue weighted by Crippen LogP contribution is 2.23. The van der Waals surface area contributed by atoms with Crippen molar-refractivity contribution in [1.29, 1.82) is 0 Å². The van der Waals surface area contributed by atoms with Crippen LogP contribution in [0.3, 0.4) is 0 Å². The van der Waals surface area contributed by atoms with Crippen molar-refractivity contribution in [3.63, 3.8) is 0 Å². The predicted molar refractivity (Wildman–Crippen MR) is 65.1 cm³/mol. The zero-order valence-corrected chi connectivity index (χ0v) is 10.6. The van der Waals surface area contributed by atoms with Gasteiger partial charge in [0.05, 0.1) is 0 Å². The van der Waals surface area contributed by atoms with E-state index in [9.17, 15) is 0 Å². The second-order valence-electron chi connectivity index (χ2n) is 6.48. The third kappa shape index (κ3) is 3.18. The largest absolute Gasteiger partial charge is 0.300 e. The highest BCUT2D eigenvalue weighted by atomic mass is 15.3. The molecule has 88 valence electrons. The van der Waals surface area contributed by atoms with Gasteiger partial charge in [0.15, 0.2) is 0 Å². The van der Waals surface area contributed by atoms with Crippen molar-refractivity contribution in [3.05, 3.63) is 0 Å². The maximum atomic E-state index is 2.71. The van der Waals surface area contributed by atoms with Crippen LogP contribution in [0.1, 0.15) is 40.0 Å². The van der Waals surface area contributed by atoms with E-state index in [0.29, 0.717) is 5.41 Å². The summed E-state index contributed by atoms with van der Waals surface area (Å²) in [6.45, 7) is 13.6. The van der Waals surface area contributed by atoms with Gasteiger partial charge in [-0.3, -0.25) is 9.80 Å². The number of fused-ring (bicyclic) bond motifs is 1. The molecular formula is C13H26N2. The van der Waals surface area contributed by atoms with Crippen molar-refractivity contribution >= 4 is 0 Å². The molecule has 15 heavy (non-hydrogen) atoms. The van der Waals surface area contributed by atoms with E-state index < -0.39 is 0 Å². The minimum Gasteiger partial charge on any atom is -0.300 e. The molecule has 0 aromatic heterocycles. The summed E-state index contributed by atoms with van der Waals surface area (Å²) in [6.07, 6.45) is 4.31. The summed E-state index contributed by atoms with van der Waals surface area (Å²) in [7, 11) is 0. The van der Waals surface area contributed by atoms with Gasteiger partial charge in [-0.2, -0.15) is 0 Å². The van der Waals surface area contributed by atoms with E-state index in [1.165, 1.54) is 52.0 Å². The highest BCUT2D eigenvalue weighted by Gasteiger charge is 2.30. The van der Waals surface area contributed by atoms with E-state index in [-0.39, 0.29) is 0 Å². The van der Waals surface area contributed by atoms with Gasteiger partial charge in [-0.15, -0.1) is 0 Å². The fourth-order valence-corrected chi connectivity index (χ4v) is 3.03. The molecule has 0 radical (unpaired) electrons. The van der Waals surface area contributed by atoms with Crippen molar-refractivity contribution in [2.24, 2.45) is 5.41 Å². The summed E-state index contributed by atoms with van der Waals surface area (Å²) in [4.78, 5) is 5.38. The van der Waals surface area contributed by atoms with Gasteiger partial charge < -0.3 is 0 Å². The summed E-state index contributed by atoms with van der Waals surface area (Å²) >= 11 is 0. The minimum absolute atomic E-state index is 0.455. The summed E-state index contributed by atoms with van der Waals surface area (Å²) in [5, 5.41) is 0. The molecule has 2 heteroatoms. The predicted octanol–water partition coefficient (Wildman–Crippen LogP) is 2.20. The lowest BCUT2D eigenvalue weighted by atomic mass is 9.93. The van der Waals surface area contributed by atoms with E-state index in [0.717, 1.165) is 6.04 Å². The molecule has 0 N–H and O–H groups in total. The van der Waals surface area contributed by atoms with Crippen LogP contribution in [-0.2, 0) is 0 Å². The van der Waals surface area contributed by atoms with Gasteiger partial charge in [0.25, 0.3) is 0 Å². The molecule has 1 unspecified atom stereocenters. The fraction of sp³-hybridized carbons (Fsp3) is 1.00. The van der Waals surface area contributed by atoms with E-state index in [4.69, 9.17) is 0 Å². The maximum Gasteiger partial charge on any atom is 0.0223 e. The molecule has 0 bridgehead atoms. The number of hydrogen-bond acceptors (Lipinski definition) is 2. The van der Waals surface area contributed by atoms with Crippen LogP contribution in [0.5, 0.6) is 0 Å². The lowest BCUT2D eigenvalue weighted by molar-refractivity contribution is 0.0342. The van der Waals surface area contributed by atoms with Crippen LogP contribution in [0.4, 0.5) is 0 Å². The average molecular weight is 210 g/mol. The Hall–Kier alpha value is -0.0800. The van der Waals surface area contributed by atoms with E-state index >= 15 is 0 Å². The molecule has 0 aromatic carbocycles. The van der Waals surface area contributed by atoms with Gasteiger partial charge in [0.1, 0.15) is 0 Å². The molecule has 1 atom stereocenters. The Morgan fingerprint density at radius 2 is 1.87 bits per heavy atom. The first-order valence-corrected chi connectivity index (χ1v) is 6.51. The van der Waals surface area contributed by atoms with Crippen LogP contribution in [0.25, 0.3) is 0 Å². The van der Waals surface area contributed by atoms with Crippen LogP contribution in [0, 0.1) is 5.41 Å². The van der Waals surface area contributed by atoms with Crippen LogP contribution < -0.4 is 0 Å². The lowest BCUT2D eigenvalue weighted by Crippen LogP contribution is -2.55.